The first-order chi connectivity index (χ1) is 7.98. The van der Waals surface area contributed by atoms with Crippen LogP contribution in [0.15, 0.2) is 0 Å². The quantitative estimate of drug-likeness (QED) is 0.631. The van der Waals surface area contributed by atoms with Gasteiger partial charge in [0.05, 0.1) is 0 Å². The first kappa shape index (κ1) is 14.6. The number of sulfone groups is 1. The fourth-order valence-electron chi connectivity index (χ4n) is 1.47. The number of piperazine rings is 1. The normalized spacial score (nSPS) is 21.8. The summed E-state index contributed by atoms with van der Waals surface area (Å²) in [7, 11) is -3.64. The van der Waals surface area contributed by atoms with Crippen LogP contribution in [-0.4, -0.2) is 54.6 Å². The van der Waals surface area contributed by atoms with Crippen molar-refractivity contribution in [2.75, 3.05) is 12.8 Å². The molecule has 7 nitrogen and oxygen atoms in total. The summed E-state index contributed by atoms with van der Waals surface area (Å²) < 4.78 is 21.5. The van der Waals surface area contributed by atoms with Gasteiger partial charge in [0, 0.05) is 6.26 Å². The molecule has 0 saturated carbocycles. The number of amides is 3. The van der Waals surface area contributed by atoms with Crippen LogP contribution < -0.4 is 5.32 Å². The van der Waals surface area contributed by atoms with E-state index in [0.29, 0.717) is 0 Å². The molecule has 1 fully saturated rings. The maximum atomic E-state index is 12.2. The summed E-state index contributed by atoms with van der Waals surface area (Å²) in [5.74, 6) is -1.97. The van der Waals surface area contributed by atoms with Crippen LogP contribution in [0.4, 0.5) is 0 Å². The molecule has 3 amide bonds. The van der Waals surface area contributed by atoms with Crippen LogP contribution in [-0.2, 0) is 24.2 Å². The zero-order valence-electron chi connectivity index (χ0n) is 10.7. The highest BCUT2D eigenvalue weighted by molar-refractivity contribution is 7.92. The summed E-state index contributed by atoms with van der Waals surface area (Å²) in [6.45, 7) is 3.64. The number of hydrogen-bond acceptors (Lipinski definition) is 5. The van der Waals surface area contributed by atoms with Crippen molar-refractivity contribution in [3.8, 4) is 0 Å². The van der Waals surface area contributed by atoms with E-state index in [1.54, 1.807) is 0 Å². The van der Waals surface area contributed by atoms with E-state index < -0.39 is 38.3 Å². The van der Waals surface area contributed by atoms with Crippen LogP contribution in [0.5, 0.6) is 0 Å². The lowest BCUT2D eigenvalue weighted by atomic mass is 10.1. The lowest BCUT2D eigenvalue weighted by Gasteiger charge is -2.36. The highest BCUT2D eigenvalue weighted by Crippen LogP contribution is 2.21. The molecule has 102 valence electrons. The van der Waals surface area contributed by atoms with Crippen molar-refractivity contribution >= 4 is 27.6 Å². The fraction of sp³-hybridized carbons (Fsp3) is 0.700. The lowest BCUT2D eigenvalue weighted by molar-refractivity contribution is -0.150. The fourth-order valence-corrected chi connectivity index (χ4v) is 1.90. The van der Waals surface area contributed by atoms with Crippen molar-refractivity contribution in [2.45, 2.75) is 31.6 Å². The second-order valence-electron chi connectivity index (χ2n) is 4.80. The van der Waals surface area contributed by atoms with Crippen LogP contribution in [0.1, 0.15) is 20.8 Å². The van der Waals surface area contributed by atoms with Gasteiger partial charge in [-0.05, 0) is 20.8 Å². The van der Waals surface area contributed by atoms with Gasteiger partial charge in [-0.3, -0.25) is 19.7 Å². The Hall–Kier alpha value is -1.44. The molecule has 1 rings (SSSR count). The molecule has 1 heterocycles. The average Bonchev–Trinajstić information content (AvgIpc) is 2.20. The minimum Gasteiger partial charge on any atom is -0.320 e. The molecule has 1 saturated heterocycles. The minimum atomic E-state index is -3.64. The Morgan fingerprint density at radius 3 is 2.33 bits per heavy atom. The van der Waals surface area contributed by atoms with E-state index in [1.165, 1.54) is 20.8 Å². The van der Waals surface area contributed by atoms with Gasteiger partial charge in [0.15, 0.2) is 9.84 Å². The highest BCUT2D eigenvalue weighted by atomic mass is 32.2. The van der Waals surface area contributed by atoms with Crippen molar-refractivity contribution in [3.63, 3.8) is 0 Å². The molecule has 1 unspecified atom stereocenters. The largest absolute Gasteiger partial charge is 0.320 e. The van der Waals surface area contributed by atoms with Gasteiger partial charge in [0.1, 0.15) is 17.3 Å². The predicted molar refractivity (Wildman–Crippen MR) is 63.2 cm³/mol. The highest BCUT2D eigenvalue weighted by Gasteiger charge is 2.45. The first-order valence-electron chi connectivity index (χ1n) is 5.33. The molecule has 0 aromatic rings. The molecule has 0 aromatic heterocycles. The van der Waals surface area contributed by atoms with Crippen molar-refractivity contribution in [2.24, 2.45) is 0 Å². The van der Waals surface area contributed by atoms with Crippen LogP contribution in [0.2, 0.25) is 0 Å². The van der Waals surface area contributed by atoms with Crippen molar-refractivity contribution < 1.29 is 22.8 Å². The average molecular weight is 276 g/mol. The van der Waals surface area contributed by atoms with Crippen molar-refractivity contribution in [1.29, 1.82) is 0 Å². The van der Waals surface area contributed by atoms with E-state index in [9.17, 15) is 22.8 Å². The molecule has 0 aromatic carbocycles. The molecule has 0 bridgehead atoms. The number of rotatable bonds is 2. The Kier molecular flexibility index (Phi) is 3.53. The molecule has 1 N–H and O–H groups in total. The van der Waals surface area contributed by atoms with Gasteiger partial charge in [-0.2, -0.15) is 0 Å². The van der Waals surface area contributed by atoms with Crippen molar-refractivity contribution in [1.82, 2.24) is 10.2 Å². The van der Waals surface area contributed by atoms with Gasteiger partial charge >= 0.3 is 0 Å². The summed E-state index contributed by atoms with van der Waals surface area (Å²) in [5.41, 5.74) is 0. The summed E-state index contributed by atoms with van der Waals surface area (Å²) in [6, 6.07) is -0.865. The second kappa shape index (κ2) is 4.34. The zero-order chi connectivity index (χ0) is 14.3. The van der Waals surface area contributed by atoms with Gasteiger partial charge < -0.3 is 4.90 Å². The maximum absolute atomic E-state index is 12.2. The third-order valence-electron chi connectivity index (χ3n) is 3.13. The Bertz CT molecular complexity index is 508. The van der Waals surface area contributed by atoms with Gasteiger partial charge in [0.25, 0.3) is 0 Å². The molecule has 0 radical (unpaired) electrons. The van der Waals surface area contributed by atoms with Crippen LogP contribution in [0.25, 0.3) is 0 Å². The number of carbonyl (C=O) groups is 3. The zero-order valence-corrected chi connectivity index (χ0v) is 11.5. The van der Waals surface area contributed by atoms with E-state index >= 15 is 0 Å². The number of nitrogens with one attached hydrogen (secondary N) is 1. The van der Waals surface area contributed by atoms with Crippen LogP contribution in [0.3, 0.4) is 0 Å². The number of nitrogens with zero attached hydrogens (tertiary/aromatic N) is 1. The molecule has 0 aliphatic carbocycles. The van der Waals surface area contributed by atoms with E-state index in [2.05, 4.69) is 5.32 Å². The van der Waals surface area contributed by atoms with Crippen molar-refractivity contribution in [3.05, 3.63) is 0 Å². The smallest absolute Gasteiger partial charge is 0.249 e. The monoisotopic (exact) mass is 276 g/mol. The summed E-state index contributed by atoms with van der Waals surface area (Å²) in [4.78, 5) is 35.8. The van der Waals surface area contributed by atoms with Crippen LogP contribution >= 0.6 is 0 Å². The Labute approximate surface area is 105 Å². The molecule has 1 aliphatic heterocycles. The van der Waals surface area contributed by atoms with Gasteiger partial charge in [0.2, 0.25) is 17.7 Å². The molecule has 1 atom stereocenters. The van der Waals surface area contributed by atoms with Gasteiger partial charge in [-0.1, -0.05) is 0 Å². The first-order valence-corrected chi connectivity index (χ1v) is 7.22. The summed E-state index contributed by atoms with van der Waals surface area (Å²) in [6.07, 6.45) is 0.946. The Morgan fingerprint density at radius 1 is 1.39 bits per heavy atom. The van der Waals surface area contributed by atoms with E-state index in [-0.39, 0.29) is 6.54 Å². The summed E-state index contributed by atoms with van der Waals surface area (Å²) in [5, 5.41) is 2.08. The molecule has 18 heavy (non-hydrogen) atoms. The topological polar surface area (TPSA) is 101 Å². The lowest BCUT2D eigenvalue weighted by Crippen LogP contribution is -2.63. The Morgan fingerprint density at radius 2 is 1.89 bits per heavy atom. The van der Waals surface area contributed by atoms with Crippen LogP contribution in [0, 0.1) is 0 Å². The number of imide groups is 1. The molecule has 1 aliphatic rings. The van der Waals surface area contributed by atoms with Gasteiger partial charge in [-0.25, -0.2) is 8.42 Å². The van der Waals surface area contributed by atoms with E-state index in [4.69, 9.17) is 0 Å². The third-order valence-corrected chi connectivity index (χ3v) is 5.15. The second-order valence-corrected chi connectivity index (χ2v) is 7.37. The molecule has 0 spiro atoms. The molecular formula is C10H16N2O5S. The van der Waals surface area contributed by atoms with E-state index in [0.717, 1.165) is 11.2 Å². The maximum Gasteiger partial charge on any atom is 0.249 e. The Balaban J connectivity index is 3.11. The SMILES string of the molecule is CC1C(=O)NC(=O)CN1C(=O)C(C)(C)S(C)(=O)=O. The third kappa shape index (κ3) is 2.38. The number of carbonyl (C=O) groups excluding carboxylic acids is 3. The number of hydrogen-bond donors (Lipinski definition) is 1. The van der Waals surface area contributed by atoms with E-state index in [1.807, 2.05) is 0 Å². The predicted octanol–water partition coefficient (Wildman–Crippen LogP) is -1.32. The minimum absolute atomic E-state index is 0.315. The standard InChI is InChI=1S/C10H16N2O5S/c1-6-8(14)11-7(13)5-12(6)9(15)10(2,3)18(4,16)17/h6H,5H2,1-4H3,(H,11,13,14). The summed E-state index contributed by atoms with van der Waals surface area (Å²) >= 11 is 0. The van der Waals surface area contributed by atoms with Gasteiger partial charge in [-0.15, -0.1) is 0 Å². The molecular weight excluding hydrogens is 260 g/mol. The molecule has 8 heteroatoms.